The van der Waals surface area contributed by atoms with Gasteiger partial charge in [0.15, 0.2) is 5.75 Å². The Morgan fingerprint density at radius 3 is 2.43 bits per heavy atom. The van der Waals surface area contributed by atoms with Crippen molar-refractivity contribution < 1.29 is 18.5 Å². The molecule has 0 spiro atoms. The second-order valence-electron chi connectivity index (χ2n) is 10.8. The molecule has 7 N–H and O–H groups in total. The number of aromatic nitrogens is 1. The highest BCUT2D eigenvalue weighted by molar-refractivity contribution is 7.85. The number of anilines is 3. The van der Waals surface area contributed by atoms with Crippen molar-refractivity contribution >= 4 is 39.9 Å². The van der Waals surface area contributed by atoms with E-state index in [1.165, 1.54) is 24.6 Å². The van der Waals surface area contributed by atoms with E-state index in [1.807, 2.05) is 52.8 Å². The van der Waals surface area contributed by atoms with Crippen molar-refractivity contribution in [3.05, 3.63) is 89.0 Å². The molecule has 11 nitrogen and oxygen atoms in total. The van der Waals surface area contributed by atoms with E-state index in [9.17, 15) is 13.8 Å². The molecule has 2 unspecified atom stereocenters. The van der Waals surface area contributed by atoms with Crippen molar-refractivity contribution in [3.63, 3.8) is 0 Å². The molecule has 42 heavy (non-hydrogen) atoms. The number of carbonyl (C=O) groups is 2. The second-order valence-corrected chi connectivity index (χ2v) is 12.0. The lowest BCUT2D eigenvalue weighted by atomic mass is 9.86. The van der Waals surface area contributed by atoms with Gasteiger partial charge in [0.25, 0.3) is 11.8 Å². The molecule has 2 atom stereocenters. The Labute approximate surface area is 249 Å². The number of amides is 2. The molecule has 1 heterocycles. The van der Waals surface area contributed by atoms with Crippen molar-refractivity contribution in [2.45, 2.75) is 46.1 Å². The molecule has 2 aromatic carbocycles. The summed E-state index contributed by atoms with van der Waals surface area (Å²) in [4.78, 5) is 30.2. The van der Waals surface area contributed by atoms with E-state index in [-0.39, 0.29) is 17.2 Å². The van der Waals surface area contributed by atoms with E-state index in [4.69, 9.17) is 16.3 Å². The van der Waals surface area contributed by atoms with Crippen molar-refractivity contribution in [1.29, 1.82) is 0 Å². The summed E-state index contributed by atoms with van der Waals surface area (Å²) in [5, 5.41) is 6.93. The van der Waals surface area contributed by atoms with E-state index in [2.05, 4.69) is 20.3 Å². The maximum atomic E-state index is 13.4. The number of benzene rings is 2. The fraction of sp³-hybridized carbons (Fsp3) is 0.300. The summed E-state index contributed by atoms with van der Waals surface area (Å²) < 4.78 is 20.4. The maximum Gasteiger partial charge on any atom is 0.269 e. The van der Waals surface area contributed by atoms with Gasteiger partial charge >= 0.3 is 0 Å². The largest absolute Gasteiger partial charge is 0.492 e. The smallest absolute Gasteiger partial charge is 0.269 e. The number of aryl methyl sites for hydroxylation is 1. The van der Waals surface area contributed by atoms with Crippen LogP contribution in [0.3, 0.4) is 0 Å². The van der Waals surface area contributed by atoms with Crippen molar-refractivity contribution in [1.82, 2.24) is 10.3 Å². The van der Waals surface area contributed by atoms with Gasteiger partial charge in [0.1, 0.15) is 16.7 Å². The first-order chi connectivity index (χ1) is 19.7. The highest BCUT2D eigenvalue weighted by Crippen LogP contribution is 2.39. The third-order valence-electron chi connectivity index (χ3n) is 6.48. The second kappa shape index (κ2) is 13.5. The molecule has 224 valence electrons. The zero-order valence-corrected chi connectivity index (χ0v) is 25.8. The van der Waals surface area contributed by atoms with Crippen LogP contribution < -0.4 is 36.7 Å². The van der Waals surface area contributed by atoms with Gasteiger partial charge in [-0.2, -0.15) is 0 Å². The zero-order chi connectivity index (χ0) is 31.2. The molecule has 0 fully saturated rings. The van der Waals surface area contributed by atoms with Gasteiger partial charge in [0.05, 0.1) is 30.2 Å². The number of hydrogen-bond donors (Lipinski definition) is 5. The van der Waals surface area contributed by atoms with Crippen LogP contribution in [0.15, 0.2) is 66.8 Å². The summed E-state index contributed by atoms with van der Waals surface area (Å²) in [6.07, 6.45) is 6.13. The van der Waals surface area contributed by atoms with Gasteiger partial charge in [-0.1, -0.05) is 32.9 Å². The van der Waals surface area contributed by atoms with Crippen molar-refractivity contribution in [2.75, 3.05) is 28.4 Å². The molecule has 3 aromatic rings. The number of nitrogens with one attached hydrogen (secondary N) is 3. The predicted octanol–water partition coefficient (Wildman–Crippen LogP) is 4.01. The number of nitrogens with zero attached hydrogens (tertiary/aromatic N) is 2. The third kappa shape index (κ3) is 8.08. The van der Waals surface area contributed by atoms with Crippen LogP contribution in [0, 0.1) is 6.92 Å². The molecule has 1 aromatic heterocycles. The minimum Gasteiger partial charge on any atom is -0.492 e. The number of ether oxygens (including phenoxy) is 1. The first kappa shape index (κ1) is 32.1. The van der Waals surface area contributed by atoms with Gasteiger partial charge in [0.2, 0.25) is 0 Å². The number of pyridine rings is 1. The van der Waals surface area contributed by atoms with E-state index in [1.54, 1.807) is 36.7 Å². The first-order valence-electron chi connectivity index (χ1n) is 13.2. The lowest BCUT2D eigenvalue weighted by Crippen LogP contribution is -2.34. The SMILES string of the molecule is COc1c(NC(=O)c2ccc(C)c(N(N)/C=C(\N)C(=O)NC(C)c3cccnc3)c2)cc(C(C)(C)C)cc1NS(C)=O. The Hall–Kier alpha value is -4.42. The van der Waals surface area contributed by atoms with E-state index in [0.717, 1.165) is 16.7 Å². The molecular formula is C30H39N7O4S. The number of carbonyl (C=O) groups excluding carboxylic acids is 2. The molecule has 0 aliphatic heterocycles. The minimum atomic E-state index is -1.36. The molecule has 12 heteroatoms. The molecule has 0 saturated heterocycles. The average molecular weight is 594 g/mol. The lowest BCUT2D eigenvalue weighted by Gasteiger charge is -2.24. The molecular weight excluding hydrogens is 554 g/mol. The summed E-state index contributed by atoms with van der Waals surface area (Å²) in [5.41, 5.74) is 9.86. The van der Waals surface area contributed by atoms with Crippen LogP contribution in [0.1, 0.15) is 60.8 Å². The summed E-state index contributed by atoms with van der Waals surface area (Å²) in [5.74, 6) is 5.70. The molecule has 0 bridgehead atoms. The Balaban J connectivity index is 1.87. The normalized spacial score (nSPS) is 13.1. The third-order valence-corrected chi connectivity index (χ3v) is 6.99. The van der Waals surface area contributed by atoms with Crippen molar-refractivity contribution in [2.24, 2.45) is 11.6 Å². The number of rotatable bonds is 10. The highest BCUT2D eigenvalue weighted by atomic mass is 32.2. The fourth-order valence-corrected chi connectivity index (χ4v) is 4.56. The highest BCUT2D eigenvalue weighted by Gasteiger charge is 2.22. The van der Waals surface area contributed by atoms with Gasteiger partial charge in [-0.25, -0.2) is 10.1 Å². The molecule has 3 rings (SSSR count). The van der Waals surface area contributed by atoms with Crippen LogP contribution in [0.4, 0.5) is 17.1 Å². The van der Waals surface area contributed by atoms with Gasteiger partial charge < -0.3 is 25.8 Å². The van der Waals surface area contributed by atoms with E-state index in [0.29, 0.717) is 28.4 Å². The summed E-state index contributed by atoms with van der Waals surface area (Å²) in [7, 11) is 0.116. The Morgan fingerprint density at radius 2 is 1.83 bits per heavy atom. The Kier molecular flexibility index (Phi) is 10.3. The van der Waals surface area contributed by atoms with Crippen LogP contribution in [-0.4, -0.2) is 34.4 Å². The Bertz CT molecular complexity index is 1500. The van der Waals surface area contributed by atoms with Gasteiger partial charge in [-0.15, -0.1) is 0 Å². The van der Waals surface area contributed by atoms with Gasteiger partial charge in [-0.05, 0) is 66.3 Å². The number of methoxy groups -OCH3 is 1. The summed E-state index contributed by atoms with van der Waals surface area (Å²) in [6.45, 7) is 9.75. The van der Waals surface area contributed by atoms with Crippen molar-refractivity contribution in [3.8, 4) is 5.75 Å². The van der Waals surface area contributed by atoms with E-state index >= 15 is 0 Å². The van der Waals surface area contributed by atoms with Crippen LogP contribution in [0.25, 0.3) is 0 Å². The van der Waals surface area contributed by atoms with Crippen LogP contribution in [-0.2, 0) is 21.2 Å². The lowest BCUT2D eigenvalue weighted by molar-refractivity contribution is -0.118. The standard InChI is InChI=1S/C30H39N7O4S/c1-18-10-11-20(13-26(18)37(32)17-23(31)29(39)34-19(2)21-9-8-12-33-16-21)28(38)35-24-14-22(30(3,4)5)15-25(27(24)41-6)36-42(7)40/h8-17,19,36H,31-32H2,1-7H3,(H,34,39)(H,35,38)/b23-17-. The molecule has 2 amide bonds. The quantitative estimate of drug-likeness (QED) is 0.134. The van der Waals surface area contributed by atoms with Crippen LogP contribution in [0.2, 0.25) is 0 Å². The molecule has 0 radical (unpaired) electrons. The minimum absolute atomic E-state index is 0.112. The predicted molar refractivity (Wildman–Crippen MR) is 168 cm³/mol. The number of hydrazine groups is 1. The summed E-state index contributed by atoms with van der Waals surface area (Å²) in [6, 6.07) is 12.0. The monoisotopic (exact) mass is 593 g/mol. The topological polar surface area (TPSA) is 165 Å². The first-order valence-corrected chi connectivity index (χ1v) is 14.7. The zero-order valence-electron chi connectivity index (χ0n) is 24.9. The molecule has 0 aliphatic carbocycles. The number of hydrogen-bond acceptors (Lipinski definition) is 8. The van der Waals surface area contributed by atoms with Gasteiger partial charge in [0, 0.05) is 30.4 Å². The van der Waals surface area contributed by atoms with Crippen LogP contribution >= 0.6 is 0 Å². The summed E-state index contributed by atoms with van der Waals surface area (Å²) >= 11 is 0. The Morgan fingerprint density at radius 1 is 1.14 bits per heavy atom. The maximum absolute atomic E-state index is 13.4. The number of nitrogens with two attached hydrogens (primary N) is 2. The fourth-order valence-electron chi connectivity index (χ4n) is 4.10. The molecule has 0 aliphatic rings. The molecule has 0 saturated carbocycles. The average Bonchev–Trinajstić information content (AvgIpc) is 2.92. The van der Waals surface area contributed by atoms with Gasteiger partial charge in [-0.3, -0.25) is 19.6 Å². The van der Waals surface area contributed by atoms with Crippen LogP contribution in [0.5, 0.6) is 5.75 Å². The van der Waals surface area contributed by atoms with E-state index < -0.39 is 22.8 Å².